The summed E-state index contributed by atoms with van der Waals surface area (Å²) >= 11 is 0. The number of ether oxygens (including phenoxy) is 9. The second-order valence-electron chi connectivity index (χ2n) is 17.5. The van der Waals surface area contributed by atoms with Crippen LogP contribution in [0.4, 0.5) is 0 Å². The minimum atomic E-state index is -1.51. The van der Waals surface area contributed by atoms with Crippen molar-refractivity contribution in [3.63, 3.8) is 0 Å². The third-order valence-corrected chi connectivity index (χ3v) is 11.2. The van der Waals surface area contributed by atoms with Gasteiger partial charge in [0.05, 0.1) is 30.8 Å². The Bertz CT molecular complexity index is 1500. The minimum absolute atomic E-state index is 0.0575. The summed E-state index contributed by atoms with van der Waals surface area (Å²) in [5, 5.41) is 23.6. The zero-order chi connectivity index (χ0) is 45.8. The van der Waals surface area contributed by atoms with Crippen LogP contribution < -0.4 is 0 Å². The molecule has 2 saturated heterocycles. The molecule has 0 aliphatic carbocycles. The third-order valence-electron chi connectivity index (χ3n) is 11.2. The van der Waals surface area contributed by atoms with Gasteiger partial charge in [-0.05, 0) is 72.0 Å². The van der Waals surface area contributed by atoms with E-state index in [1.165, 1.54) is 21.0 Å². The minimum Gasteiger partial charge on any atom is -0.462 e. The topological polar surface area (TPSA) is 212 Å². The third kappa shape index (κ3) is 15.5. The molecule has 16 atom stereocenters. The van der Waals surface area contributed by atoms with Crippen molar-refractivity contribution >= 4 is 30.2 Å². The highest BCUT2D eigenvalue weighted by Crippen LogP contribution is 2.38. The molecule has 0 radical (unpaired) electrons. The SMILES string of the molecule is CO[C@@H]1[C@@H](O[C@@H]2O[C@H](C)[C@@H](O[C@H]3C[C@@](C)(O)[C@@H](OC(=O)CC(C)C)[C@H](C)O3)[C@H](N(C)C)[C@H]2O)[C@@H](CC=O)C[C@@H](C)[C@@H](OC(C)=O)/C=C/C=C/C[C@@H](C)OC(=O)C[C@H]1OC(C)=O. The summed E-state index contributed by atoms with van der Waals surface area (Å²) in [7, 11) is 4.84. The van der Waals surface area contributed by atoms with E-state index in [1.807, 2.05) is 20.8 Å². The van der Waals surface area contributed by atoms with Crippen LogP contribution in [0.25, 0.3) is 0 Å². The summed E-state index contributed by atoms with van der Waals surface area (Å²) in [6.45, 7) is 14.8. The van der Waals surface area contributed by atoms with Crippen LogP contribution in [-0.4, -0.2) is 152 Å². The second-order valence-corrected chi connectivity index (χ2v) is 17.5. The van der Waals surface area contributed by atoms with Gasteiger partial charge in [0.2, 0.25) is 0 Å². The molecule has 17 heteroatoms. The summed E-state index contributed by atoms with van der Waals surface area (Å²) < 4.78 is 54.5. The van der Waals surface area contributed by atoms with Gasteiger partial charge in [-0.15, -0.1) is 0 Å². The summed E-state index contributed by atoms with van der Waals surface area (Å²) in [5.41, 5.74) is -1.51. The molecule has 348 valence electrons. The van der Waals surface area contributed by atoms with E-state index >= 15 is 0 Å². The van der Waals surface area contributed by atoms with E-state index in [1.54, 1.807) is 71.0 Å². The lowest BCUT2D eigenvalue weighted by Gasteiger charge is -2.50. The predicted molar refractivity (Wildman–Crippen MR) is 219 cm³/mol. The van der Waals surface area contributed by atoms with Crippen LogP contribution >= 0.6 is 0 Å². The first kappa shape index (κ1) is 52.1. The smallest absolute Gasteiger partial charge is 0.309 e. The molecule has 0 aromatic rings. The van der Waals surface area contributed by atoms with Crippen molar-refractivity contribution in [1.82, 2.24) is 4.90 Å². The van der Waals surface area contributed by atoms with Gasteiger partial charge in [0.25, 0.3) is 0 Å². The molecule has 0 bridgehead atoms. The standard InChI is InChI=1S/C44H71NO16/c1-24(2)20-34(49)59-42-28(6)55-36(23-44(42,9)52)60-39-27(5)56-43(38(51)37(39)45(10)11)61-40-31(18-19-46)21-25(3)32(57-29(7)47)17-15-13-14-16-26(4)54-35(50)22-33(41(40)53-12)58-30(8)48/h13-15,17,19,24-28,31-33,36-43,51-52H,16,18,20-23H2,1-12H3/b14-13+,17-15+/t25-,26-,27-,28+,31+,32+,33-,36+,37-,38-,39-,40+,41+,42+,43+,44-/m1/s1. The van der Waals surface area contributed by atoms with E-state index in [0.717, 1.165) is 0 Å². The molecule has 3 heterocycles. The second kappa shape index (κ2) is 24.0. The lowest BCUT2D eigenvalue weighted by atomic mass is 9.82. The van der Waals surface area contributed by atoms with Crippen molar-refractivity contribution in [2.45, 2.75) is 186 Å². The predicted octanol–water partition coefficient (Wildman–Crippen LogP) is 3.58. The number of hydrogen-bond donors (Lipinski definition) is 2. The number of aliphatic hydroxyl groups is 2. The van der Waals surface area contributed by atoms with Gasteiger partial charge in [-0.25, -0.2) is 0 Å². The molecule has 0 unspecified atom stereocenters. The van der Waals surface area contributed by atoms with Gasteiger partial charge in [-0.2, -0.15) is 0 Å². The number of likely N-dealkylation sites (N-methyl/N-ethyl adjacent to an activating group) is 1. The van der Waals surface area contributed by atoms with E-state index in [9.17, 15) is 34.2 Å². The zero-order valence-electron chi connectivity index (χ0n) is 37.9. The Morgan fingerprint density at radius 3 is 2.21 bits per heavy atom. The highest BCUT2D eigenvalue weighted by molar-refractivity contribution is 5.72. The number of hydrogen-bond acceptors (Lipinski definition) is 17. The van der Waals surface area contributed by atoms with E-state index in [-0.39, 0.29) is 31.6 Å². The molecule has 2 fully saturated rings. The van der Waals surface area contributed by atoms with Crippen LogP contribution in [-0.2, 0) is 66.6 Å². The molecule has 3 aliphatic heterocycles. The Balaban J connectivity index is 2.02. The maximum absolute atomic E-state index is 13.3. The highest BCUT2D eigenvalue weighted by Gasteiger charge is 2.53. The molecule has 3 aliphatic rings. The number of aliphatic hydroxyl groups excluding tert-OH is 1. The number of cyclic esters (lactones) is 1. The molecule has 0 saturated carbocycles. The van der Waals surface area contributed by atoms with Gasteiger partial charge in [0.1, 0.15) is 48.5 Å². The average molecular weight is 870 g/mol. The Hall–Kier alpha value is -3.29. The Morgan fingerprint density at radius 1 is 0.967 bits per heavy atom. The fourth-order valence-electron chi connectivity index (χ4n) is 8.42. The van der Waals surface area contributed by atoms with Crippen LogP contribution in [0.2, 0.25) is 0 Å². The number of esters is 4. The molecule has 2 N–H and O–H groups in total. The lowest BCUT2D eigenvalue weighted by molar-refractivity contribution is -0.344. The fraction of sp³-hybridized carbons (Fsp3) is 0.795. The average Bonchev–Trinajstić information content (AvgIpc) is 3.12. The molecular weight excluding hydrogens is 798 g/mol. The van der Waals surface area contributed by atoms with Crippen molar-refractivity contribution in [2.24, 2.45) is 17.8 Å². The van der Waals surface area contributed by atoms with Gasteiger partial charge in [0.15, 0.2) is 18.7 Å². The molecule has 0 aromatic heterocycles. The van der Waals surface area contributed by atoms with Gasteiger partial charge < -0.3 is 62.5 Å². The van der Waals surface area contributed by atoms with E-state index in [0.29, 0.717) is 12.7 Å². The van der Waals surface area contributed by atoms with Crippen LogP contribution in [0.3, 0.4) is 0 Å². The number of carbonyl (C=O) groups excluding carboxylic acids is 5. The molecule has 0 amide bonds. The molecule has 0 aromatic carbocycles. The molecular formula is C44H71NO16. The lowest BCUT2D eigenvalue weighted by Crippen LogP contribution is -2.66. The van der Waals surface area contributed by atoms with Crippen molar-refractivity contribution in [1.29, 1.82) is 0 Å². The molecule has 17 nitrogen and oxygen atoms in total. The number of rotatable bonds is 13. The summed E-state index contributed by atoms with van der Waals surface area (Å²) in [4.78, 5) is 64.9. The first-order chi connectivity index (χ1) is 28.6. The van der Waals surface area contributed by atoms with E-state index in [2.05, 4.69) is 0 Å². The maximum atomic E-state index is 13.3. The van der Waals surface area contributed by atoms with E-state index in [4.69, 9.17) is 42.6 Å². The van der Waals surface area contributed by atoms with Crippen LogP contribution in [0.5, 0.6) is 0 Å². The van der Waals surface area contributed by atoms with Crippen molar-refractivity contribution in [3.05, 3.63) is 24.3 Å². The highest BCUT2D eigenvalue weighted by atomic mass is 16.7. The van der Waals surface area contributed by atoms with Crippen LogP contribution in [0.15, 0.2) is 24.3 Å². The zero-order valence-corrected chi connectivity index (χ0v) is 37.9. The first-order valence-corrected chi connectivity index (χ1v) is 21.3. The monoisotopic (exact) mass is 869 g/mol. The summed E-state index contributed by atoms with van der Waals surface area (Å²) in [5.74, 6) is -3.40. The molecule has 0 spiro atoms. The first-order valence-electron chi connectivity index (χ1n) is 21.3. The van der Waals surface area contributed by atoms with Gasteiger partial charge in [-0.3, -0.25) is 19.2 Å². The maximum Gasteiger partial charge on any atom is 0.309 e. The largest absolute Gasteiger partial charge is 0.462 e. The van der Waals surface area contributed by atoms with Gasteiger partial charge >= 0.3 is 23.9 Å². The van der Waals surface area contributed by atoms with E-state index < -0.39 is 127 Å². The van der Waals surface area contributed by atoms with Gasteiger partial charge in [-0.1, -0.05) is 39.0 Å². The number of allylic oxidation sites excluding steroid dienone is 2. The Kier molecular flexibility index (Phi) is 20.4. The summed E-state index contributed by atoms with van der Waals surface area (Å²) in [6, 6.07) is -0.804. The molecule has 3 rings (SSSR count). The number of nitrogens with zero attached hydrogens (tertiary/aromatic N) is 1. The van der Waals surface area contributed by atoms with Crippen molar-refractivity contribution in [2.75, 3.05) is 21.2 Å². The van der Waals surface area contributed by atoms with Crippen LogP contribution in [0.1, 0.15) is 101 Å². The number of aldehydes is 1. The van der Waals surface area contributed by atoms with Gasteiger partial charge in [0, 0.05) is 46.6 Å². The van der Waals surface area contributed by atoms with Crippen molar-refractivity contribution in [3.8, 4) is 0 Å². The Labute approximate surface area is 360 Å². The Morgan fingerprint density at radius 2 is 1.64 bits per heavy atom. The fourth-order valence-corrected chi connectivity index (χ4v) is 8.42. The number of carbonyl (C=O) groups is 5. The summed E-state index contributed by atoms with van der Waals surface area (Å²) in [6.07, 6.45) is -4.15. The molecule has 61 heavy (non-hydrogen) atoms. The van der Waals surface area contributed by atoms with Crippen molar-refractivity contribution < 1.29 is 76.8 Å². The van der Waals surface area contributed by atoms with Crippen LogP contribution in [0, 0.1) is 17.8 Å². The normalized spacial score (nSPS) is 39.1. The quantitative estimate of drug-likeness (QED) is 0.154. The number of methoxy groups -OCH3 is 1.